The van der Waals surface area contributed by atoms with Gasteiger partial charge in [-0.3, -0.25) is 14.9 Å². The monoisotopic (exact) mass is 336 g/mol. The van der Waals surface area contributed by atoms with Gasteiger partial charge in [0.25, 0.3) is 11.6 Å². The lowest BCUT2D eigenvalue weighted by Crippen LogP contribution is -2.35. The van der Waals surface area contributed by atoms with Crippen molar-refractivity contribution < 1.29 is 19.2 Å². The van der Waals surface area contributed by atoms with Gasteiger partial charge in [-0.2, -0.15) is 0 Å². The predicted molar refractivity (Wildman–Crippen MR) is 89.7 cm³/mol. The zero-order valence-electron chi connectivity index (χ0n) is 14.3. The van der Waals surface area contributed by atoms with Crippen molar-refractivity contribution in [3.05, 3.63) is 39.9 Å². The second kappa shape index (κ2) is 9.64. The van der Waals surface area contributed by atoms with Gasteiger partial charge in [-0.05, 0) is 31.4 Å². The van der Waals surface area contributed by atoms with Crippen LogP contribution in [0.15, 0.2) is 24.3 Å². The van der Waals surface area contributed by atoms with E-state index in [0.29, 0.717) is 5.92 Å². The third-order valence-electron chi connectivity index (χ3n) is 3.47. The summed E-state index contributed by atoms with van der Waals surface area (Å²) in [7, 11) is 0. The standard InChI is InChI=1S/C17H24N2O5/c1-12(2)5-4-6-13(3)18-16(20)11-24-17(21)14-7-9-15(10-8-14)19(22)23/h7-10,12-13H,4-6,11H2,1-3H3,(H,18,20)/t13-/m1/s1. The number of carbonyl (C=O) groups excluding carboxylic acids is 2. The number of esters is 1. The summed E-state index contributed by atoms with van der Waals surface area (Å²) in [6.45, 7) is 5.85. The largest absolute Gasteiger partial charge is 0.452 e. The Kier molecular flexibility index (Phi) is 7.88. The highest BCUT2D eigenvalue weighted by atomic mass is 16.6. The van der Waals surface area contributed by atoms with Crippen LogP contribution < -0.4 is 5.32 Å². The van der Waals surface area contributed by atoms with Gasteiger partial charge in [0.2, 0.25) is 0 Å². The Labute approximate surface area is 141 Å². The maximum absolute atomic E-state index is 11.8. The Bertz CT molecular complexity index is 569. The van der Waals surface area contributed by atoms with Crippen LogP contribution in [0, 0.1) is 16.0 Å². The van der Waals surface area contributed by atoms with Gasteiger partial charge in [-0.15, -0.1) is 0 Å². The van der Waals surface area contributed by atoms with E-state index in [0.717, 1.165) is 19.3 Å². The molecule has 0 aliphatic heterocycles. The summed E-state index contributed by atoms with van der Waals surface area (Å²) in [6.07, 6.45) is 3.01. The highest BCUT2D eigenvalue weighted by molar-refractivity contribution is 5.91. The minimum Gasteiger partial charge on any atom is -0.452 e. The van der Waals surface area contributed by atoms with E-state index < -0.39 is 10.9 Å². The fraction of sp³-hybridized carbons (Fsp3) is 0.529. The molecule has 0 radical (unpaired) electrons. The SMILES string of the molecule is CC(C)CCC[C@@H](C)NC(=O)COC(=O)c1ccc([N+](=O)[O-])cc1. The van der Waals surface area contributed by atoms with Crippen LogP contribution in [-0.4, -0.2) is 29.4 Å². The Hall–Kier alpha value is -2.44. The molecule has 1 aromatic carbocycles. The smallest absolute Gasteiger partial charge is 0.338 e. The average molecular weight is 336 g/mol. The van der Waals surface area contributed by atoms with E-state index in [1.165, 1.54) is 24.3 Å². The van der Waals surface area contributed by atoms with Crippen LogP contribution >= 0.6 is 0 Å². The summed E-state index contributed by atoms with van der Waals surface area (Å²) in [5.74, 6) is -0.412. The van der Waals surface area contributed by atoms with E-state index in [4.69, 9.17) is 4.74 Å². The van der Waals surface area contributed by atoms with Crippen molar-refractivity contribution in [3.63, 3.8) is 0 Å². The number of nitrogens with one attached hydrogen (secondary N) is 1. The van der Waals surface area contributed by atoms with Crippen LogP contribution in [-0.2, 0) is 9.53 Å². The van der Waals surface area contributed by atoms with Crippen molar-refractivity contribution in [1.29, 1.82) is 0 Å². The Morgan fingerprint density at radius 1 is 1.17 bits per heavy atom. The van der Waals surface area contributed by atoms with Crippen LogP contribution in [0.5, 0.6) is 0 Å². The number of benzene rings is 1. The molecule has 0 saturated carbocycles. The molecular formula is C17H24N2O5. The molecule has 0 saturated heterocycles. The number of non-ortho nitro benzene ring substituents is 1. The second-order valence-electron chi connectivity index (χ2n) is 6.17. The maximum Gasteiger partial charge on any atom is 0.338 e. The zero-order valence-corrected chi connectivity index (χ0v) is 14.3. The quantitative estimate of drug-likeness (QED) is 0.424. The lowest BCUT2D eigenvalue weighted by molar-refractivity contribution is -0.384. The number of carbonyl (C=O) groups is 2. The third kappa shape index (κ3) is 7.21. The number of hydrogen-bond acceptors (Lipinski definition) is 5. The minimum atomic E-state index is -0.687. The van der Waals surface area contributed by atoms with E-state index in [-0.39, 0.29) is 29.8 Å². The summed E-state index contributed by atoms with van der Waals surface area (Å²) in [6, 6.07) is 5.05. The average Bonchev–Trinajstić information content (AvgIpc) is 2.52. The first-order valence-electron chi connectivity index (χ1n) is 8.00. The number of ether oxygens (including phenoxy) is 1. The van der Waals surface area contributed by atoms with E-state index >= 15 is 0 Å². The predicted octanol–water partition coefficient (Wildman–Crippen LogP) is 3.08. The van der Waals surface area contributed by atoms with Crippen molar-refractivity contribution in [1.82, 2.24) is 5.32 Å². The van der Waals surface area contributed by atoms with E-state index in [1.807, 2.05) is 6.92 Å². The first-order valence-corrected chi connectivity index (χ1v) is 8.00. The number of nitrogens with zero attached hydrogens (tertiary/aromatic N) is 1. The Balaban J connectivity index is 2.35. The lowest BCUT2D eigenvalue weighted by Gasteiger charge is -2.14. The second-order valence-corrected chi connectivity index (χ2v) is 6.17. The normalized spacial score (nSPS) is 11.8. The third-order valence-corrected chi connectivity index (χ3v) is 3.47. The molecule has 24 heavy (non-hydrogen) atoms. The number of rotatable bonds is 9. The molecular weight excluding hydrogens is 312 g/mol. The van der Waals surface area contributed by atoms with Gasteiger partial charge < -0.3 is 10.1 Å². The van der Waals surface area contributed by atoms with E-state index in [1.54, 1.807) is 0 Å². The topological polar surface area (TPSA) is 98.5 Å². The molecule has 0 aliphatic carbocycles. The van der Waals surface area contributed by atoms with Crippen LogP contribution in [0.1, 0.15) is 50.4 Å². The number of hydrogen-bond donors (Lipinski definition) is 1. The first-order chi connectivity index (χ1) is 11.3. The molecule has 0 spiro atoms. The highest BCUT2D eigenvalue weighted by Crippen LogP contribution is 2.12. The molecule has 7 nitrogen and oxygen atoms in total. The molecule has 1 rings (SSSR count). The molecule has 1 atom stereocenters. The molecule has 0 bridgehead atoms. The number of nitro groups is 1. The van der Waals surface area contributed by atoms with Gasteiger partial charge >= 0.3 is 5.97 Å². The van der Waals surface area contributed by atoms with Gasteiger partial charge in [-0.1, -0.05) is 26.7 Å². The Morgan fingerprint density at radius 2 is 1.79 bits per heavy atom. The molecule has 1 aromatic rings. The fourth-order valence-electron chi connectivity index (χ4n) is 2.15. The molecule has 0 aliphatic rings. The summed E-state index contributed by atoms with van der Waals surface area (Å²) < 4.78 is 4.91. The maximum atomic E-state index is 11.8. The molecule has 0 fully saturated rings. The molecule has 0 heterocycles. The molecule has 132 valence electrons. The molecule has 0 aromatic heterocycles. The lowest BCUT2D eigenvalue weighted by atomic mass is 10.0. The summed E-state index contributed by atoms with van der Waals surface area (Å²) >= 11 is 0. The highest BCUT2D eigenvalue weighted by Gasteiger charge is 2.13. The van der Waals surface area contributed by atoms with Crippen LogP contribution in [0.3, 0.4) is 0 Å². The van der Waals surface area contributed by atoms with Gasteiger partial charge in [0.15, 0.2) is 6.61 Å². The van der Waals surface area contributed by atoms with E-state index in [9.17, 15) is 19.7 Å². The van der Waals surface area contributed by atoms with Gasteiger partial charge in [0.1, 0.15) is 0 Å². The first kappa shape index (κ1) is 19.6. The zero-order chi connectivity index (χ0) is 18.1. The van der Waals surface area contributed by atoms with Crippen LogP contribution in [0.4, 0.5) is 5.69 Å². The van der Waals surface area contributed by atoms with Crippen LogP contribution in [0.2, 0.25) is 0 Å². The van der Waals surface area contributed by atoms with Gasteiger partial charge in [-0.25, -0.2) is 4.79 Å². The van der Waals surface area contributed by atoms with E-state index in [2.05, 4.69) is 19.2 Å². The van der Waals surface area contributed by atoms with Crippen molar-refractivity contribution >= 4 is 17.6 Å². The number of amides is 1. The molecule has 1 amide bonds. The van der Waals surface area contributed by atoms with Gasteiger partial charge in [0, 0.05) is 18.2 Å². The van der Waals surface area contributed by atoms with Crippen molar-refractivity contribution in [2.75, 3.05) is 6.61 Å². The summed E-state index contributed by atoms with van der Waals surface area (Å²) in [5.41, 5.74) is 0.0536. The van der Waals surface area contributed by atoms with Crippen molar-refractivity contribution in [2.24, 2.45) is 5.92 Å². The van der Waals surface area contributed by atoms with Crippen molar-refractivity contribution in [2.45, 2.75) is 46.1 Å². The summed E-state index contributed by atoms with van der Waals surface area (Å²) in [4.78, 5) is 33.5. The molecule has 7 heteroatoms. The molecule has 1 N–H and O–H groups in total. The fourth-order valence-corrected chi connectivity index (χ4v) is 2.15. The van der Waals surface area contributed by atoms with Gasteiger partial charge in [0.05, 0.1) is 10.5 Å². The van der Waals surface area contributed by atoms with Crippen LogP contribution in [0.25, 0.3) is 0 Å². The minimum absolute atomic E-state index is 0.0225. The summed E-state index contributed by atoms with van der Waals surface area (Å²) in [5, 5.41) is 13.3. The Morgan fingerprint density at radius 3 is 2.33 bits per heavy atom. The van der Waals surface area contributed by atoms with Crippen molar-refractivity contribution in [3.8, 4) is 0 Å². The number of nitro benzene ring substituents is 1. The molecule has 0 unspecified atom stereocenters.